The van der Waals surface area contributed by atoms with Gasteiger partial charge >= 0.3 is 0 Å². The quantitative estimate of drug-likeness (QED) is 0.575. The summed E-state index contributed by atoms with van der Waals surface area (Å²) in [5, 5.41) is 4.44. The Kier molecular flexibility index (Phi) is 5.05. The first kappa shape index (κ1) is 18.8. The number of alkyl halides is 1. The Balaban J connectivity index is 2.20. The third-order valence-corrected chi connectivity index (χ3v) is 5.57. The standard InChI is InChI=1S/C17H11Cl2F2NO3S/c1-26(23,24)15-5-3-9(7-13(15)21)16-14(8-20)25-22-17(16)10-2-4-11(18)12(19)6-10/h2-7H,8H2,1H3. The largest absolute Gasteiger partial charge is 0.357 e. The van der Waals surface area contributed by atoms with Crippen molar-refractivity contribution in [2.45, 2.75) is 11.6 Å². The SMILES string of the molecule is CS(=O)(=O)c1ccc(-c2c(-c3ccc(Cl)c(Cl)c3)noc2CF)cc1F. The Morgan fingerprint density at radius 2 is 1.77 bits per heavy atom. The minimum atomic E-state index is -3.73. The molecule has 3 rings (SSSR count). The van der Waals surface area contributed by atoms with E-state index in [0.29, 0.717) is 10.6 Å². The highest BCUT2D eigenvalue weighted by Crippen LogP contribution is 2.38. The van der Waals surface area contributed by atoms with Crippen molar-refractivity contribution in [3.05, 3.63) is 58.0 Å². The van der Waals surface area contributed by atoms with E-state index in [1.807, 2.05) is 0 Å². The van der Waals surface area contributed by atoms with Gasteiger partial charge in [0.1, 0.15) is 16.4 Å². The molecule has 0 amide bonds. The van der Waals surface area contributed by atoms with Gasteiger partial charge in [-0.05, 0) is 29.8 Å². The van der Waals surface area contributed by atoms with Gasteiger partial charge in [0, 0.05) is 11.8 Å². The van der Waals surface area contributed by atoms with Crippen LogP contribution in [0, 0.1) is 5.82 Å². The second-order valence-electron chi connectivity index (χ2n) is 5.51. The highest BCUT2D eigenvalue weighted by atomic mass is 35.5. The molecule has 0 aliphatic carbocycles. The summed E-state index contributed by atoms with van der Waals surface area (Å²) in [5.41, 5.74) is 1.17. The van der Waals surface area contributed by atoms with E-state index in [0.717, 1.165) is 18.4 Å². The van der Waals surface area contributed by atoms with Crippen molar-refractivity contribution in [1.29, 1.82) is 0 Å². The summed E-state index contributed by atoms with van der Waals surface area (Å²) in [5.74, 6) is -1.06. The third kappa shape index (κ3) is 3.47. The molecule has 0 aliphatic heterocycles. The van der Waals surface area contributed by atoms with Crippen molar-refractivity contribution in [1.82, 2.24) is 5.16 Å². The number of halogens is 4. The molecule has 136 valence electrons. The molecule has 2 aromatic carbocycles. The van der Waals surface area contributed by atoms with E-state index in [1.54, 1.807) is 12.1 Å². The van der Waals surface area contributed by atoms with Crippen LogP contribution in [0.2, 0.25) is 10.0 Å². The minimum Gasteiger partial charge on any atom is -0.357 e. The van der Waals surface area contributed by atoms with E-state index in [2.05, 4.69) is 5.16 Å². The lowest BCUT2D eigenvalue weighted by atomic mass is 9.99. The maximum Gasteiger partial charge on any atom is 0.178 e. The Morgan fingerprint density at radius 1 is 1.08 bits per heavy atom. The molecule has 0 atom stereocenters. The molecule has 0 unspecified atom stereocenters. The van der Waals surface area contributed by atoms with Crippen LogP contribution in [0.3, 0.4) is 0 Å². The normalized spacial score (nSPS) is 11.7. The third-order valence-electron chi connectivity index (χ3n) is 3.70. The summed E-state index contributed by atoms with van der Waals surface area (Å²) in [7, 11) is -3.73. The predicted octanol–water partition coefficient (Wildman–Crippen LogP) is 5.33. The lowest BCUT2D eigenvalue weighted by Crippen LogP contribution is -2.01. The maximum atomic E-state index is 14.3. The van der Waals surface area contributed by atoms with Gasteiger partial charge in [-0.15, -0.1) is 0 Å². The molecule has 0 N–H and O–H groups in total. The van der Waals surface area contributed by atoms with Gasteiger partial charge in [-0.2, -0.15) is 0 Å². The van der Waals surface area contributed by atoms with Gasteiger partial charge in [0.2, 0.25) is 0 Å². The van der Waals surface area contributed by atoms with E-state index >= 15 is 0 Å². The van der Waals surface area contributed by atoms with E-state index < -0.39 is 27.2 Å². The van der Waals surface area contributed by atoms with Crippen molar-refractivity contribution in [2.24, 2.45) is 0 Å². The first-order valence-electron chi connectivity index (χ1n) is 7.22. The van der Waals surface area contributed by atoms with Gasteiger partial charge < -0.3 is 4.52 Å². The fourth-order valence-electron chi connectivity index (χ4n) is 2.51. The molecule has 0 aliphatic rings. The minimum absolute atomic E-state index is 0.113. The van der Waals surface area contributed by atoms with Gasteiger partial charge in [-0.3, -0.25) is 0 Å². The number of hydrogen-bond donors (Lipinski definition) is 0. The molecule has 0 fully saturated rings. The topological polar surface area (TPSA) is 60.2 Å². The van der Waals surface area contributed by atoms with Crippen LogP contribution in [-0.2, 0) is 16.5 Å². The Morgan fingerprint density at radius 3 is 2.35 bits per heavy atom. The molecule has 3 aromatic rings. The number of rotatable bonds is 4. The summed E-state index contributed by atoms with van der Waals surface area (Å²) in [6, 6.07) is 8.16. The smallest absolute Gasteiger partial charge is 0.178 e. The number of hydrogen-bond acceptors (Lipinski definition) is 4. The zero-order valence-corrected chi connectivity index (χ0v) is 15.6. The second kappa shape index (κ2) is 6.98. The predicted molar refractivity (Wildman–Crippen MR) is 95.3 cm³/mol. The zero-order chi connectivity index (χ0) is 19.1. The van der Waals surface area contributed by atoms with Crippen LogP contribution in [0.4, 0.5) is 8.78 Å². The molecule has 0 radical (unpaired) electrons. The highest BCUT2D eigenvalue weighted by Gasteiger charge is 2.22. The average molecular weight is 418 g/mol. The van der Waals surface area contributed by atoms with Crippen LogP contribution in [0.5, 0.6) is 0 Å². The molecule has 4 nitrogen and oxygen atoms in total. The molecule has 0 saturated carbocycles. The van der Waals surface area contributed by atoms with Crippen LogP contribution in [0.1, 0.15) is 5.76 Å². The summed E-state index contributed by atoms with van der Waals surface area (Å²) in [6.07, 6.45) is 0.901. The van der Waals surface area contributed by atoms with E-state index in [4.69, 9.17) is 27.7 Å². The van der Waals surface area contributed by atoms with Gasteiger partial charge in [-0.25, -0.2) is 17.2 Å². The van der Waals surface area contributed by atoms with Gasteiger partial charge in [-0.1, -0.05) is 40.5 Å². The van der Waals surface area contributed by atoms with E-state index in [-0.39, 0.29) is 27.6 Å². The highest BCUT2D eigenvalue weighted by molar-refractivity contribution is 7.90. The first-order chi connectivity index (χ1) is 12.2. The van der Waals surface area contributed by atoms with Gasteiger partial charge in [0.15, 0.2) is 22.3 Å². The second-order valence-corrected chi connectivity index (χ2v) is 8.31. The number of nitrogens with zero attached hydrogens (tertiary/aromatic N) is 1. The lowest BCUT2D eigenvalue weighted by Gasteiger charge is -2.07. The first-order valence-corrected chi connectivity index (χ1v) is 9.87. The van der Waals surface area contributed by atoms with E-state index in [9.17, 15) is 17.2 Å². The van der Waals surface area contributed by atoms with Crippen LogP contribution in [-0.4, -0.2) is 19.8 Å². The summed E-state index contributed by atoms with van der Waals surface area (Å²) < 4.78 is 55.8. The summed E-state index contributed by atoms with van der Waals surface area (Å²) >= 11 is 11.9. The van der Waals surface area contributed by atoms with Crippen LogP contribution in [0.25, 0.3) is 22.4 Å². The van der Waals surface area contributed by atoms with E-state index in [1.165, 1.54) is 12.1 Å². The monoisotopic (exact) mass is 417 g/mol. The molecular formula is C17H11Cl2F2NO3S. The fraction of sp³-hybridized carbons (Fsp3) is 0.118. The Labute approximate surface area is 158 Å². The molecule has 1 aromatic heterocycles. The molecule has 0 saturated heterocycles. The number of aromatic nitrogens is 1. The Bertz CT molecular complexity index is 1100. The van der Waals surface area contributed by atoms with Crippen LogP contribution in [0.15, 0.2) is 45.8 Å². The zero-order valence-electron chi connectivity index (χ0n) is 13.3. The summed E-state index contributed by atoms with van der Waals surface area (Å²) in [4.78, 5) is -0.449. The Hall–Kier alpha value is -1.96. The molecule has 9 heteroatoms. The van der Waals surface area contributed by atoms with Gasteiger partial charge in [0.05, 0.1) is 15.6 Å². The number of benzene rings is 2. The number of sulfone groups is 1. The molecule has 1 heterocycles. The van der Waals surface area contributed by atoms with Crippen molar-refractivity contribution in [3.8, 4) is 22.4 Å². The van der Waals surface area contributed by atoms with Crippen LogP contribution >= 0.6 is 23.2 Å². The molecule has 0 spiro atoms. The maximum absolute atomic E-state index is 14.3. The van der Waals surface area contributed by atoms with Crippen molar-refractivity contribution >= 4 is 33.0 Å². The van der Waals surface area contributed by atoms with Crippen molar-refractivity contribution < 1.29 is 21.7 Å². The van der Waals surface area contributed by atoms with Crippen molar-refractivity contribution in [2.75, 3.05) is 6.26 Å². The molecule has 0 bridgehead atoms. The van der Waals surface area contributed by atoms with Crippen LogP contribution < -0.4 is 0 Å². The summed E-state index contributed by atoms with van der Waals surface area (Å²) in [6.45, 7) is -0.973. The lowest BCUT2D eigenvalue weighted by molar-refractivity contribution is 0.332. The average Bonchev–Trinajstić information content (AvgIpc) is 3.00. The van der Waals surface area contributed by atoms with Crippen molar-refractivity contribution in [3.63, 3.8) is 0 Å². The fourth-order valence-corrected chi connectivity index (χ4v) is 3.54. The molecular weight excluding hydrogens is 407 g/mol. The van der Waals surface area contributed by atoms with Gasteiger partial charge in [0.25, 0.3) is 0 Å². The molecule has 26 heavy (non-hydrogen) atoms.